The number of rotatable bonds is 4. The van der Waals surface area contributed by atoms with Crippen LogP contribution < -0.4 is 0 Å². The lowest BCUT2D eigenvalue weighted by molar-refractivity contribution is 0.770. The van der Waals surface area contributed by atoms with Crippen LogP contribution in [0.5, 0.6) is 0 Å². The van der Waals surface area contributed by atoms with E-state index in [2.05, 4.69) is 42.0 Å². The van der Waals surface area contributed by atoms with Gasteiger partial charge >= 0.3 is 0 Å². The Balaban J connectivity index is 2.03. The van der Waals surface area contributed by atoms with E-state index in [1.807, 2.05) is 6.20 Å². The molecule has 2 rings (SSSR count). The van der Waals surface area contributed by atoms with Gasteiger partial charge in [-0.2, -0.15) is 0 Å². The zero-order valence-corrected chi connectivity index (χ0v) is 11.0. The average molecular weight is 249 g/mol. The first kappa shape index (κ1) is 12.2. The van der Waals surface area contributed by atoms with Crippen LogP contribution in [0.3, 0.4) is 0 Å². The molecule has 90 valence electrons. The van der Waals surface area contributed by atoms with Gasteiger partial charge in [0, 0.05) is 6.20 Å². The van der Waals surface area contributed by atoms with Crippen LogP contribution in [0, 0.1) is 13.8 Å². The SMILES string of the molecule is Cc1cccc(C)c1CCC(Cl)c1c[nH]cn1. The summed E-state index contributed by atoms with van der Waals surface area (Å²) in [7, 11) is 0. The molecule has 2 aromatic rings. The maximum absolute atomic E-state index is 6.32. The molecule has 0 aliphatic heterocycles. The van der Waals surface area contributed by atoms with Gasteiger partial charge in [-0.15, -0.1) is 11.6 Å². The van der Waals surface area contributed by atoms with E-state index in [4.69, 9.17) is 11.6 Å². The van der Waals surface area contributed by atoms with Gasteiger partial charge in [-0.05, 0) is 43.4 Å². The zero-order valence-electron chi connectivity index (χ0n) is 10.2. The summed E-state index contributed by atoms with van der Waals surface area (Å²) < 4.78 is 0. The van der Waals surface area contributed by atoms with Gasteiger partial charge in [0.25, 0.3) is 0 Å². The molecule has 0 saturated carbocycles. The third kappa shape index (κ3) is 2.89. The molecule has 0 aliphatic carbocycles. The van der Waals surface area contributed by atoms with Crippen LogP contribution in [-0.2, 0) is 6.42 Å². The lowest BCUT2D eigenvalue weighted by atomic mass is 9.97. The molecule has 1 unspecified atom stereocenters. The maximum atomic E-state index is 6.32. The summed E-state index contributed by atoms with van der Waals surface area (Å²) in [4.78, 5) is 7.12. The number of nitrogens with one attached hydrogen (secondary N) is 1. The summed E-state index contributed by atoms with van der Waals surface area (Å²) in [6.07, 6.45) is 5.45. The molecule has 0 spiro atoms. The molecular formula is C14H17ClN2. The minimum Gasteiger partial charge on any atom is -0.351 e. The van der Waals surface area contributed by atoms with E-state index in [-0.39, 0.29) is 5.38 Å². The Morgan fingerprint density at radius 3 is 2.59 bits per heavy atom. The lowest BCUT2D eigenvalue weighted by Crippen LogP contribution is -1.98. The second kappa shape index (κ2) is 5.37. The summed E-state index contributed by atoms with van der Waals surface area (Å²) in [5, 5.41) is -0.0137. The van der Waals surface area contributed by atoms with Crippen molar-refractivity contribution in [3.8, 4) is 0 Å². The highest BCUT2D eigenvalue weighted by molar-refractivity contribution is 6.20. The molecule has 0 amide bonds. The van der Waals surface area contributed by atoms with Crippen LogP contribution in [0.15, 0.2) is 30.7 Å². The molecule has 0 bridgehead atoms. The van der Waals surface area contributed by atoms with E-state index in [0.29, 0.717) is 0 Å². The van der Waals surface area contributed by atoms with E-state index in [9.17, 15) is 0 Å². The number of aryl methyl sites for hydroxylation is 2. The number of imidazole rings is 1. The fourth-order valence-corrected chi connectivity index (χ4v) is 2.33. The van der Waals surface area contributed by atoms with Crippen molar-refractivity contribution in [1.29, 1.82) is 0 Å². The number of alkyl halides is 1. The first-order valence-corrected chi connectivity index (χ1v) is 6.30. The summed E-state index contributed by atoms with van der Waals surface area (Å²) in [6.45, 7) is 4.31. The van der Waals surface area contributed by atoms with Gasteiger partial charge in [-0.3, -0.25) is 0 Å². The Bertz CT molecular complexity index is 457. The number of nitrogens with zero attached hydrogens (tertiary/aromatic N) is 1. The van der Waals surface area contributed by atoms with E-state index >= 15 is 0 Å². The Morgan fingerprint density at radius 2 is 2.00 bits per heavy atom. The molecule has 17 heavy (non-hydrogen) atoms. The average Bonchev–Trinajstić information content (AvgIpc) is 2.81. The van der Waals surface area contributed by atoms with Gasteiger partial charge in [-0.25, -0.2) is 4.98 Å². The third-order valence-electron chi connectivity index (χ3n) is 3.13. The zero-order chi connectivity index (χ0) is 12.3. The highest BCUT2D eigenvalue weighted by Gasteiger charge is 2.11. The van der Waals surface area contributed by atoms with E-state index in [1.54, 1.807) is 6.33 Å². The largest absolute Gasteiger partial charge is 0.351 e. The molecule has 0 radical (unpaired) electrons. The number of halogens is 1. The van der Waals surface area contributed by atoms with Crippen LogP contribution in [0.4, 0.5) is 0 Å². The van der Waals surface area contributed by atoms with Crippen LogP contribution in [0.1, 0.15) is 34.2 Å². The number of hydrogen-bond donors (Lipinski definition) is 1. The van der Waals surface area contributed by atoms with Gasteiger partial charge in [0.1, 0.15) is 0 Å². The van der Waals surface area contributed by atoms with Gasteiger partial charge in [0.2, 0.25) is 0 Å². The Hall–Kier alpha value is -1.28. The highest BCUT2D eigenvalue weighted by Crippen LogP contribution is 2.25. The van der Waals surface area contributed by atoms with Crippen molar-refractivity contribution in [2.75, 3.05) is 0 Å². The minimum atomic E-state index is -0.0137. The van der Waals surface area contributed by atoms with Crippen LogP contribution in [0.2, 0.25) is 0 Å². The van der Waals surface area contributed by atoms with E-state index in [0.717, 1.165) is 18.5 Å². The smallest absolute Gasteiger partial charge is 0.0923 e. The molecule has 1 N–H and O–H groups in total. The summed E-state index contributed by atoms with van der Waals surface area (Å²) in [6, 6.07) is 6.40. The molecule has 1 atom stereocenters. The van der Waals surface area contributed by atoms with Gasteiger partial charge < -0.3 is 4.98 Å². The molecule has 0 fully saturated rings. The van der Waals surface area contributed by atoms with Crippen LogP contribution in [0.25, 0.3) is 0 Å². The topological polar surface area (TPSA) is 28.7 Å². The fourth-order valence-electron chi connectivity index (χ4n) is 2.11. The molecule has 1 heterocycles. The summed E-state index contributed by atoms with van der Waals surface area (Å²) in [5.74, 6) is 0. The van der Waals surface area contributed by atoms with Crippen LogP contribution in [-0.4, -0.2) is 9.97 Å². The van der Waals surface area contributed by atoms with E-state index in [1.165, 1.54) is 16.7 Å². The van der Waals surface area contributed by atoms with Crippen LogP contribution >= 0.6 is 11.6 Å². The number of hydrogen-bond acceptors (Lipinski definition) is 1. The quantitative estimate of drug-likeness (QED) is 0.816. The monoisotopic (exact) mass is 248 g/mol. The number of H-pyrrole nitrogens is 1. The third-order valence-corrected chi connectivity index (χ3v) is 3.57. The Kier molecular flexibility index (Phi) is 3.85. The fraction of sp³-hybridized carbons (Fsp3) is 0.357. The molecule has 0 aliphatic rings. The van der Waals surface area contributed by atoms with Crippen molar-refractivity contribution in [2.24, 2.45) is 0 Å². The molecule has 0 saturated heterocycles. The van der Waals surface area contributed by atoms with E-state index < -0.39 is 0 Å². The minimum absolute atomic E-state index is 0.0137. The maximum Gasteiger partial charge on any atom is 0.0923 e. The van der Waals surface area contributed by atoms with Crippen molar-refractivity contribution in [3.63, 3.8) is 0 Å². The molecule has 1 aromatic carbocycles. The van der Waals surface area contributed by atoms with Gasteiger partial charge in [-0.1, -0.05) is 18.2 Å². The standard InChI is InChI=1S/C14H17ClN2/c1-10-4-3-5-11(2)12(10)6-7-13(15)14-8-16-9-17-14/h3-5,8-9,13H,6-7H2,1-2H3,(H,16,17). The van der Waals surface area contributed by atoms with Crippen molar-refractivity contribution in [3.05, 3.63) is 53.1 Å². The molecular weight excluding hydrogens is 232 g/mol. The molecule has 2 nitrogen and oxygen atoms in total. The normalized spacial score (nSPS) is 12.6. The first-order chi connectivity index (χ1) is 8.18. The summed E-state index contributed by atoms with van der Waals surface area (Å²) >= 11 is 6.32. The van der Waals surface area contributed by atoms with Crippen molar-refractivity contribution >= 4 is 11.6 Å². The Morgan fingerprint density at radius 1 is 1.29 bits per heavy atom. The number of aromatic nitrogens is 2. The van der Waals surface area contributed by atoms with Gasteiger partial charge in [0.15, 0.2) is 0 Å². The predicted octanol–water partition coefficient (Wildman–Crippen LogP) is 3.94. The number of benzene rings is 1. The van der Waals surface area contributed by atoms with Crippen molar-refractivity contribution in [1.82, 2.24) is 9.97 Å². The lowest BCUT2D eigenvalue weighted by Gasteiger charge is -2.11. The second-order valence-corrected chi connectivity index (χ2v) is 4.90. The predicted molar refractivity (Wildman–Crippen MR) is 71.4 cm³/mol. The number of aromatic amines is 1. The first-order valence-electron chi connectivity index (χ1n) is 5.86. The summed E-state index contributed by atoms with van der Waals surface area (Å²) in [5.41, 5.74) is 5.03. The molecule has 1 aromatic heterocycles. The Labute approximate surface area is 107 Å². The molecule has 3 heteroatoms. The highest BCUT2D eigenvalue weighted by atomic mass is 35.5. The van der Waals surface area contributed by atoms with Gasteiger partial charge in [0.05, 0.1) is 17.4 Å². The van der Waals surface area contributed by atoms with Crippen molar-refractivity contribution in [2.45, 2.75) is 32.1 Å². The van der Waals surface area contributed by atoms with Crippen molar-refractivity contribution < 1.29 is 0 Å². The second-order valence-electron chi connectivity index (χ2n) is 4.37.